The lowest BCUT2D eigenvalue weighted by Gasteiger charge is -2.20. The minimum Gasteiger partial charge on any atom is -0.489 e. The highest BCUT2D eigenvalue weighted by molar-refractivity contribution is 5.33. The fraction of sp³-hybridized carbons (Fsp3) is 0.500. The SMILES string of the molecule is C=CCOc1ccccc1CNC(C)C(C)CC. The summed E-state index contributed by atoms with van der Waals surface area (Å²) in [6, 6.07) is 8.68. The summed E-state index contributed by atoms with van der Waals surface area (Å²) in [4.78, 5) is 0. The molecule has 0 fully saturated rings. The molecule has 0 saturated heterocycles. The summed E-state index contributed by atoms with van der Waals surface area (Å²) >= 11 is 0. The Bertz CT molecular complexity index is 362. The molecule has 2 nitrogen and oxygen atoms in total. The molecule has 1 aromatic carbocycles. The Kier molecular flexibility index (Phi) is 6.51. The normalized spacial score (nSPS) is 13.9. The molecular weight excluding hydrogens is 222 g/mol. The first kappa shape index (κ1) is 14.8. The van der Waals surface area contributed by atoms with Crippen LogP contribution in [0.2, 0.25) is 0 Å². The topological polar surface area (TPSA) is 21.3 Å². The van der Waals surface area contributed by atoms with E-state index < -0.39 is 0 Å². The largest absolute Gasteiger partial charge is 0.489 e. The molecule has 0 heterocycles. The maximum Gasteiger partial charge on any atom is 0.124 e. The van der Waals surface area contributed by atoms with Crippen LogP contribution in [-0.4, -0.2) is 12.6 Å². The standard InChI is InChI=1S/C16H25NO/c1-5-11-18-16-10-8-7-9-15(16)12-17-14(4)13(3)6-2/h5,7-10,13-14,17H,1,6,11-12H2,2-4H3. The quantitative estimate of drug-likeness (QED) is 0.706. The average molecular weight is 247 g/mol. The summed E-state index contributed by atoms with van der Waals surface area (Å²) in [5.74, 6) is 1.63. The predicted octanol–water partition coefficient (Wildman–Crippen LogP) is 3.78. The van der Waals surface area contributed by atoms with Crippen LogP contribution in [0.3, 0.4) is 0 Å². The Balaban J connectivity index is 2.58. The molecule has 18 heavy (non-hydrogen) atoms. The van der Waals surface area contributed by atoms with Gasteiger partial charge in [0.2, 0.25) is 0 Å². The van der Waals surface area contributed by atoms with E-state index >= 15 is 0 Å². The number of hydrogen-bond donors (Lipinski definition) is 1. The van der Waals surface area contributed by atoms with Gasteiger partial charge in [-0.25, -0.2) is 0 Å². The number of para-hydroxylation sites is 1. The van der Waals surface area contributed by atoms with Crippen molar-refractivity contribution in [3.8, 4) is 5.75 Å². The second-order valence-electron chi connectivity index (χ2n) is 4.76. The molecule has 1 N–H and O–H groups in total. The molecule has 0 bridgehead atoms. The van der Waals surface area contributed by atoms with Crippen LogP contribution in [0.1, 0.15) is 32.8 Å². The minimum atomic E-state index is 0.516. The monoisotopic (exact) mass is 247 g/mol. The summed E-state index contributed by atoms with van der Waals surface area (Å²) in [7, 11) is 0. The Morgan fingerprint density at radius 3 is 2.72 bits per heavy atom. The van der Waals surface area contributed by atoms with Crippen molar-refractivity contribution in [3.63, 3.8) is 0 Å². The van der Waals surface area contributed by atoms with E-state index in [1.165, 1.54) is 12.0 Å². The highest BCUT2D eigenvalue weighted by Gasteiger charge is 2.10. The molecule has 1 rings (SSSR count). The molecule has 2 atom stereocenters. The maximum absolute atomic E-state index is 5.65. The van der Waals surface area contributed by atoms with E-state index in [1.807, 2.05) is 18.2 Å². The second kappa shape index (κ2) is 7.93. The van der Waals surface area contributed by atoms with Crippen LogP contribution in [0.4, 0.5) is 0 Å². The van der Waals surface area contributed by atoms with Crippen LogP contribution >= 0.6 is 0 Å². The molecule has 2 heteroatoms. The van der Waals surface area contributed by atoms with E-state index in [1.54, 1.807) is 6.08 Å². The molecule has 100 valence electrons. The molecule has 1 aromatic rings. The van der Waals surface area contributed by atoms with E-state index in [9.17, 15) is 0 Å². The van der Waals surface area contributed by atoms with Crippen LogP contribution in [-0.2, 0) is 6.54 Å². The van der Waals surface area contributed by atoms with E-state index in [-0.39, 0.29) is 0 Å². The molecule has 0 radical (unpaired) electrons. The van der Waals surface area contributed by atoms with Crippen LogP contribution in [0.25, 0.3) is 0 Å². The Morgan fingerprint density at radius 2 is 2.06 bits per heavy atom. The smallest absolute Gasteiger partial charge is 0.124 e. The van der Waals surface area contributed by atoms with Gasteiger partial charge in [-0.05, 0) is 18.9 Å². The van der Waals surface area contributed by atoms with E-state index in [0.717, 1.165) is 12.3 Å². The summed E-state index contributed by atoms with van der Waals surface area (Å²) < 4.78 is 5.65. The van der Waals surface area contributed by atoms with Crippen molar-refractivity contribution in [2.75, 3.05) is 6.61 Å². The molecule has 0 spiro atoms. The van der Waals surface area contributed by atoms with Crippen LogP contribution in [0.5, 0.6) is 5.75 Å². The lowest BCUT2D eigenvalue weighted by atomic mass is 10.0. The van der Waals surface area contributed by atoms with Crippen molar-refractivity contribution >= 4 is 0 Å². The third kappa shape index (κ3) is 4.53. The van der Waals surface area contributed by atoms with Crippen LogP contribution in [0, 0.1) is 5.92 Å². The first-order valence-electron chi connectivity index (χ1n) is 6.74. The van der Waals surface area contributed by atoms with Gasteiger partial charge in [-0.2, -0.15) is 0 Å². The fourth-order valence-electron chi connectivity index (χ4n) is 1.77. The Morgan fingerprint density at radius 1 is 1.33 bits per heavy atom. The van der Waals surface area contributed by atoms with Gasteiger partial charge in [0.1, 0.15) is 12.4 Å². The molecular formula is C16H25NO. The zero-order valence-electron chi connectivity index (χ0n) is 11.8. The zero-order chi connectivity index (χ0) is 13.4. The fourth-order valence-corrected chi connectivity index (χ4v) is 1.77. The van der Waals surface area contributed by atoms with Gasteiger partial charge >= 0.3 is 0 Å². The number of ether oxygens (including phenoxy) is 1. The number of benzene rings is 1. The third-order valence-corrected chi connectivity index (χ3v) is 3.44. The van der Waals surface area contributed by atoms with E-state index in [0.29, 0.717) is 18.6 Å². The molecule has 0 aromatic heterocycles. The minimum absolute atomic E-state index is 0.516. The van der Waals surface area contributed by atoms with Gasteiger partial charge in [-0.3, -0.25) is 0 Å². The van der Waals surface area contributed by atoms with E-state index in [2.05, 4.69) is 38.7 Å². The zero-order valence-corrected chi connectivity index (χ0v) is 11.8. The van der Waals surface area contributed by atoms with Crippen LogP contribution in [0.15, 0.2) is 36.9 Å². The van der Waals surface area contributed by atoms with Gasteiger partial charge in [-0.1, -0.05) is 51.1 Å². The highest BCUT2D eigenvalue weighted by Crippen LogP contribution is 2.18. The summed E-state index contributed by atoms with van der Waals surface area (Å²) in [5.41, 5.74) is 1.20. The Labute approximate surface area is 111 Å². The average Bonchev–Trinajstić information content (AvgIpc) is 2.42. The van der Waals surface area contributed by atoms with Crippen molar-refractivity contribution in [1.82, 2.24) is 5.32 Å². The lowest BCUT2D eigenvalue weighted by Crippen LogP contribution is -2.31. The number of hydrogen-bond acceptors (Lipinski definition) is 2. The molecule has 0 aliphatic carbocycles. The molecule has 0 aliphatic rings. The number of rotatable bonds is 8. The molecule has 0 saturated carbocycles. The van der Waals surface area contributed by atoms with Crippen LogP contribution < -0.4 is 10.1 Å². The van der Waals surface area contributed by atoms with Crippen molar-refractivity contribution in [2.45, 2.75) is 39.8 Å². The van der Waals surface area contributed by atoms with Gasteiger partial charge in [-0.15, -0.1) is 0 Å². The first-order chi connectivity index (χ1) is 8.69. The molecule has 0 amide bonds. The van der Waals surface area contributed by atoms with Crippen molar-refractivity contribution in [1.29, 1.82) is 0 Å². The molecule has 0 aliphatic heterocycles. The van der Waals surface area contributed by atoms with E-state index in [4.69, 9.17) is 4.74 Å². The highest BCUT2D eigenvalue weighted by atomic mass is 16.5. The summed E-state index contributed by atoms with van der Waals surface area (Å²) in [6.45, 7) is 11.8. The summed E-state index contributed by atoms with van der Waals surface area (Å²) in [5, 5.41) is 3.56. The second-order valence-corrected chi connectivity index (χ2v) is 4.76. The lowest BCUT2D eigenvalue weighted by molar-refractivity contribution is 0.351. The van der Waals surface area contributed by atoms with Crippen molar-refractivity contribution < 1.29 is 4.74 Å². The molecule has 2 unspecified atom stereocenters. The predicted molar refractivity (Wildman–Crippen MR) is 77.9 cm³/mol. The maximum atomic E-state index is 5.65. The van der Waals surface area contributed by atoms with Gasteiger partial charge in [0.15, 0.2) is 0 Å². The van der Waals surface area contributed by atoms with Crippen molar-refractivity contribution in [2.24, 2.45) is 5.92 Å². The van der Waals surface area contributed by atoms with Crippen molar-refractivity contribution in [3.05, 3.63) is 42.5 Å². The van der Waals surface area contributed by atoms with Gasteiger partial charge in [0, 0.05) is 18.2 Å². The Hall–Kier alpha value is -1.28. The van der Waals surface area contributed by atoms with Gasteiger partial charge in [0.05, 0.1) is 0 Å². The summed E-state index contributed by atoms with van der Waals surface area (Å²) in [6.07, 6.45) is 2.97. The van der Waals surface area contributed by atoms with Gasteiger partial charge < -0.3 is 10.1 Å². The number of nitrogens with one attached hydrogen (secondary N) is 1. The van der Waals surface area contributed by atoms with Gasteiger partial charge in [0.25, 0.3) is 0 Å². The first-order valence-corrected chi connectivity index (χ1v) is 6.74. The third-order valence-electron chi connectivity index (χ3n) is 3.44.